The van der Waals surface area contributed by atoms with Crippen molar-refractivity contribution in [2.75, 3.05) is 0 Å². The molecule has 2 unspecified atom stereocenters. The Hall–Kier alpha value is -2.90. The lowest BCUT2D eigenvalue weighted by Gasteiger charge is -2.27. The van der Waals surface area contributed by atoms with Gasteiger partial charge in [0, 0.05) is 12.0 Å². The highest BCUT2D eigenvalue weighted by Gasteiger charge is 2.40. The molecule has 0 radical (unpaired) electrons. The molecule has 0 aliphatic heterocycles. The topological polar surface area (TPSA) is 52.3 Å². The highest BCUT2D eigenvalue weighted by molar-refractivity contribution is 5.41. The Morgan fingerprint density at radius 1 is 1.15 bits per heavy atom. The summed E-state index contributed by atoms with van der Waals surface area (Å²) < 4.78 is 46.8. The zero-order valence-corrected chi connectivity index (χ0v) is 13.6. The maximum absolute atomic E-state index is 13.2. The molecular weight excluding hydrogens is 345 g/mol. The van der Waals surface area contributed by atoms with Crippen LogP contribution in [0.4, 0.5) is 13.2 Å². The molecule has 2 atom stereocenters. The van der Waals surface area contributed by atoms with E-state index in [1.807, 2.05) is 24.3 Å². The lowest BCUT2D eigenvalue weighted by atomic mass is 9.84. The lowest BCUT2D eigenvalue weighted by molar-refractivity contribution is -0.161. The molecular formula is C18H15F3N4O. The molecule has 2 aromatic rings. The molecule has 5 nitrogen and oxygen atoms in total. The van der Waals surface area contributed by atoms with Crippen molar-refractivity contribution in [2.45, 2.75) is 19.0 Å². The lowest BCUT2D eigenvalue weighted by Crippen LogP contribution is -2.25. The number of nitrogens with zero attached hydrogens (tertiary/aromatic N) is 4. The predicted octanol–water partition coefficient (Wildman–Crippen LogP) is 4.03. The van der Waals surface area contributed by atoms with Crippen LogP contribution in [-0.2, 0) is 0 Å². The average Bonchev–Trinajstić information content (AvgIpc) is 3.09. The van der Waals surface area contributed by atoms with E-state index in [1.165, 1.54) is 10.8 Å². The van der Waals surface area contributed by atoms with Crippen LogP contribution >= 0.6 is 0 Å². The second kappa shape index (κ2) is 6.44. The zero-order chi connectivity index (χ0) is 18.1. The first-order valence-electron chi connectivity index (χ1n) is 8.18. The van der Waals surface area contributed by atoms with Gasteiger partial charge in [-0.15, -0.1) is 15.3 Å². The second-order valence-electron chi connectivity index (χ2n) is 6.14. The summed E-state index contributed by atoms with van der Waals surface area (Å²) in [7, 11) is 0. The summed E-state index contributed by atoms with van der Waals surface area (Å²) in [4.78, 5) is 0. The van der Waals surface area contributed by atoms with Crippen LogP contribution in [0.5, 0.6) is 5.88 Å². The fourth-order valence-corrected chi connectivity index (χ4v) is 3.05. The van der Waals surface area contributed by atoms with Gasteiger partial charge in [-0.1, -0.05) is 30.4 Å². The molecule has 2 aliphatic rings. The molecule has 0 saturated carbocycles. The Bertz CT molecular complexity index is 939. The molecule has 0 spiro atoms. The monoisotopic (exact) mass is 360 g/mol. The molecule has 0 amide bonds. The second-order valence-corrected chi connectivity index (χ2v) is 6.14. The normalized spacial score (nSPS) is 23.0. The molecule has 2 heterocycles. The van der Waals surface area contributed by atoms with Gasteiger partial charge in [0.05, 0.1) is 5.92 Å². The van der Waals surface area contributed by atoms with Crippen molar-refractivity contribution in [3.05, 3.63) is 66.2 Å². The summed E-state index contributed by atoms with van der Waals surface area (Å²) in [5.74, 6) is -1.20. The van der Waals surface area contributed by atoms with E-state index in [9.17, 15) is 13.2 Å². The first-order chi connectivity index (χ1) is 12.5. The molecule has 4 rings (SSSR count). The summed E-state index contributed by atoms with van der Waals surface area (Å²) in [6, 6.07) is 3.21. The average molecular weight is 360 g/mol. The summed E-state index contributed by atoms with van der Waals surface area (Å²) in [5, 5.41) is 11.8. The van der Waals surface area contributed by atoms with E-state index in [0.717, 1.165) is 18.1 Å². The number of rotatable bonds is 3. The van der Waals surface area contributed by atoms with Crippen molar-refractivity contribution in [1.29, 1.82) is 0 Å². The number of allylic oxidation sites excluding steroid dienone is 7. The molecule has 0 saturated heterocycles. The molecule has 2 aromatic heterocycles. The van der Waals surface area contributed by atoms with E-state index in [2.05, 4.69) is 15.3 Å². The smallest absolute Gasteiger partial charge is 0.395 e. The number of ether oxygens (including phenoxy) is 1. The van der Waals surface area contributed by atoms with Crippen LogP contribution in [0.3, 0.4) is 0 Å². The van der Waals surface area contributed by atoms with E-state index in [-0.39, 0.29) is 24.0 Å². The highest BCUT2D eigenvalue weighted by atomic mass is 19.4. The third kappa shape index (κ3) is 3.26. The molecule has 26 heavy (non-hydrogen) atoms. The van der Waals surface area contributed by atoms with Gasteiger partial charge in [0.15, 0.2) is 5.65 Å². The number of hydrogen-bond donors (Lipinski definition) is 0. The largest absolute Gasteiger partial charge is 0.438 e. The highest BCUT2D eigenvalue weighted by Crippen LogP contribution is 2.39. The van der Waals surface area contributed by atoms with Gasteiger partial charge in [-0.25, -0.2) is 0 Å². The third-order valence-electron chi connectivity index (χ3n) is 4.38. The zero-order valence-electron chi connectivity index (χ0n) is 13.6. The fraction of sp³-hybridized carbons (Fsp3) is 0.278. The van der Waals surface area contributed by atoms with Crippen molar-refractivity contribution in [3.8, 4) is 5.88 Å². The minimum absolute atomic E-state index is 0.0147. The van der Waals surface area contributed by atoms with E-state index in [0.29, 0.717) is 5.65 Å². The quantitative estimate of drug-likeness (QED) is 0.829. The molecule has 8 heteroatoms. The van der Waals surface area contributed by atoms with Crippen LogP contribution in [0.15, 0.2) is 66.2 Å². The first kappa shape index (κ1) is 16.6. The van der Waals surface area contributed by atoms with Crippen molar-refractivity contribution in [2.24, 2.45) is 11.8 Å². The van der Waals surface area contributed by atoms with Gasteiger partial charge in [0.1, 0.15) is 12.1 Å². The number of aromatic nitrogens is 4. The Balaban J connectivity index is 1.66. The van der Waals surface area contributed by atoms with Crippen molar-refractivity contribution < 1.29 is 17.9 Å². The Morgan fingerprint density at radius 2 is 2.04 bits per heavy atom. The van der Waals surface area contributed by atoms with E-state index in [1.54, 1.807) is 18.2 Å². The molecule has 134 valence electrons. The van der Waals surface area contributed by atoms with Crippen molar-refractivity contribution >= 4 is 5.65 Å². The Labute approximate surface area is 147 Å². The Kier molecular flexibility index (Phi) is 4.10. The van der Waals surface area contributed by atoms with Crippen LogP contribution in [0.25, 0.3) is 5.65 Å². The Morgan fingerprint density at radius 3 is 2.81 bits per heavy atom. The molecule has 0 bridgehead atoms. The maximum atomic E-state index is 13.2. The maximum Gasteiger partial charge on any atom is 0.395 e. The molecule has 0 aromatic carbocycles. The van der Waals surface area contributed by atoms with Crippen LogP contribution in [-0.4, -0.2) is 26.0 Å². The number of hydrogen-bond acceptors (Lipinski definition) is 4. The van der Waals surface area contributed by atoms with E-state index < -0.39 is 12.1 Å². The van der Waals surface area contributed by atoms with Crippen LogP contribution < -0.4 is 4.74 Å². The number of alkyl halides is 3. The van der Waals surface area contributed by atoms with Gasteiger partial charge in [0.25, 0.3) is 0 Å². The predicted molar refractivity (Wildman–Crippen MR) is 88.1 cm³/mol. The summed E-state index contributed by atoms with van der Waals surface area (Å²) in [6.07, 6.45) is 8.27. The summed E-state index contributed by atoms with van der Waals surface area (Å²) >= 11 is 0. The molecule has 0 fully saturated rings. The van der Waals surface area contributed by atoms with Gasteiger partial charge in [-0.05, 0) is 30.6 Å². The standard InChI is InChI=1S/C18H15F3N4O/c19-18(20,21)13-6-7-14(12-4-2-1-3-5-12)15(10-13)26-17-9-8-16-23-22-11-25(16)24-17/h1-4,7-13H,5-6H2. The SMILES string of the molecule is FC(F)(F)C1C=C(Oc2ccc3nncn3n2)C(C2C=CC=CC2)=CC1. The minimum Gasteiger partial charge on any atom is -0.438 e. The van der Waals surface area contributed by atoms with Gasteiger partial charge < -0.3 is 4.74 Å². The van der Waals surface area contributed by atoms with E-state index in [4.69, 9.17) is 4.74 Å². The van der Waals surface area contributed by atoms with Gasteiger partial charge in [0.2, 0.25) is 5.88 Å². The van der Waals surface area contributed by atoms with Gasteiger partial charge in [-0.2, -0.15) is 17.7 Å². The minimum atomic E-state index is -4.31. The van der Waals surface area contributed by atoms with Gasteiger partial charge >= 0.3 is 6.18 Å². The van der Waals surface area contributed by atoms with E-state index >= 15 is 0 Å². The summed E-state index contributed by atoms with van der Waals surface area (Å²) in [6.45, 7) is 0. The third-order valence-corrected chi connectivity index (χ3v) is 4.38. The molecule has 2 aliphatic carbocycles. The molecule has 0 N–H and O–H groups in total. The van der Waals surface area contributed by atoms with Crippen molar-refractivity contribution in [1.82, 2.24) is 19.8 Å². The van der Waals surface area contributed by atoms with Crippen LogP contribution in [0.2, 0.25) is 0 Å². The van der Waals surface area contributed by atoms with Crippen LogP contribution in [0, 0.1) is 11.8 Å². The van der Waals surface area contributed by atoms with Crippen molar-refractivity contribution in [3.63, 3.8) is 0 Å². The summed E-state index contributed by atoms with van der Waals surface area (Å²) in [5.41, 5.74) is 1.27. The van der Waals surface area contributed by atoms with Gasteiger partial charge in [-0.3, -0.25) is 0 Å². The number of halogens is 3. The first-order valence-corrected chi connectivity index (χ1v) is 8.18. The fourth-order valence-electron chi connectivity index (χ4n) is 3.05. The van der Waals surface area contributed by atoms with Crippen LogP contribution in [0.1, 0.15) is 12.8 Å². The number of fused-ring (bicyclic) bond motifs is 1.